The summed E-state index contributed by atoms with van der Waals surface area (Å²) in [5, 5.41) is 4.24. The van der Waals surface area contributed by atoms with Crippen molar-refractivity contribution in [2.24, 2.45) is 7.05 Å². The number of aryl methyl sites for hydroxylation is 1. The van der Waals surface area contributed by atoms with Gasteiger partial charge in [0.15, 0.2) is 0 Å². The number of aromatic nitrogens is 2. The molecule has 0 spiro atoms. The van der Waals surface area contributed by atoms with Gasteiger partial charge in [-0.25, -0.2) is 0 Å². The van der Waals surface area contributed by atoms with Crippen LogP contribution in [0.15, 0.2) is 4.60 Å². The van der Waals surface area contributed by atoms with E-state index in [4.69, 9.17) is 4.74 Å². The maximum absolute atomic E-state index is 5.18. The van der Waals surface area contributed by atoms with E-state index < -0.39 is 0 Å². The summed E-state index contributed by atoms with van der Waals surface area (Å²) in [6.07, 6.45) is 0. The van der Waals surface area contributed by atoms with Crippen molar-refractivity contribution in [3.05, 3.63) is 15.9 Å². The standard InChI is InChI=1S/C6H7BrN2O/c1-9-6(7)4-2-10-3-5(4)8-9/h2-3H2,1H3. The normalized spacial score (nSPS) is 15.8. The van der Waals surface area contributed by atoms with Crippen LogP contribution >= 0.6 is 15.9 Å². The molecule has 1 aliphatic heterocycles. The number of nitrogens with zero attached hydrogens (tertiary/aromatic N) is 2. The van der Waals surface area contributed by atoms with E-state index >= 15 is 0 Å². The molecule has 1 aromatic heterocycles. The number of hydrogen-bond acceptors (Lipinski definition) is 2. The van der Waals surface area contributed by atoms with E-state index in [9.17, 15) is 0 Å². The fraction of sp³-hybridized carbons (Fsp3) is 0.500. The molecule has 0 radical (unpaired) electrons. The minimum Gasteiger partial charge on any atom is -0.370 e. The summed E-state index contributed by atoms with van der Waals surface area (Å²) in [4.78, 5) is 0. The lowest BCUT2D eigenvalue weighted by Crippen LogP contribution is -1.93. The number of halogens is 1. The molecule has 0 aliphatic carbocycles. The summed E-state index contributed by atoms with van der Waals surface area (Å²) in [6, 6.07) is 0. The van der Waals surface area contributed by atoms with Crippen molar-refractivity contribution in [2.75, 3.05) is 0 Å². The average Bonchev–Trinajstić information content (AvgIpc) is 2.41. The van der Waals surface area contributed by atoms with Crippen LogP contribution in [0.25, 0.3) is 0 Å². The summed E-state index contributed by atoms with van der Waals surface area (Å²) in [6.45, 7) is 1.36. The lowest BCUT2D eigenvalue weighted by Gasteiger charge is -1.93. The highest BCUT2D eigenvalue weighted by Crippen LogP contribution is 2.25. The molecule has 0 N–H and O–H groups in total. The Labute approximate surface area is 67.1 Å². The summed E-state index contributed by atoms with van der Waals surface area (Å²) in [5.74, 6) is 0. The molecule has 2 heterocycles. The lowest BCUT2D eigenvalue weighted by atomic mass is 10.3. The van der Waals surface area contributed by atoms with Crippen molar-refractivity contribution in [1.82, 2.24) is 9.78 Å². The zero-order chi connectivity index (χ0) is 7.14. The Hall–Kier alpha value is -0.350. The molecule has 10 heavy (non-hydrogen) atoms. The molecule has 0 amide bonds. The van der Waals surface area contributed by atoms with Gasteiger partial charge in [-0.3, -0.25) is 4.68 Å². The van der Waals surface area contributed by atoms with Crippen molar-refractivity contribution in [2.45, 2.75) is 13.2 Å². The molecule has 0 saturated carbocycles. The van der Waals surface area contributed by atoms with Crippen molar-refractivity contribution < 1.29 is 4.74 Å². The monoisotopic (exact) mass is 202 g/mol. The van der Waals surface area contributed by atoms with E-state index in [0.717, 1.165) is 10.3 Å². The van der Waals surface area contributed by atoms with Crippen LogP contribution in [-0.4, -0.2) is 9.78 Å². The molecule has 0 aromatic carbocycles. The van der Waals surface area contributed by atoms with E-state index in [0.29, 0.717) is 13.2 Å². The van der Waals surface area contributed by atoms with Gasteiger partial charge in [0.2, 0.25) is 0 Å². The van der Waals surface area contributed by atoms with Crippen LogP contribution in [0.5, 0.6) is 0 Å². The van der Waals surface area contributed by atoms with Gasteiger partial charge in [0.1, 0.15) is 4.60 Å². The summed E-state index contributed by atoms with van der Waals surface area (Å²) in [5.41, 5.74) is 2.26. The zero-order valence-electron chi connectivity index (χ0n) is 5.59. The van der Waals surface area contributed by atoms with Gasteiger partial charge in [-0.05, 0) is 15.9 Å². The van der Waals surface area contributed by atoms with Crippen LogP contribution in [0.2, 0.25) is 0 Å². The van der Waals surface area contributed by atoms with Crippen LogP contribution < -0.4 is 0 Å². The smallest absolute Gasteiger partial charge is 0.109 e. The Kier molecular flexibility index (Phi) is 1.32. The average molecular weight is 203 g/mol. The second-order valence-electron chi connectivity index (χ2n) is 2.33. The molecule has 1 aliphatic rings. The maximum Gasteiger partial charge on any atom is 0.109 e. The van der Waals surface area contributed by atoms with Crippen LogP contribution in [0.3, 0.4) is 0 Å². The van der Waals surface area contributed by atoms with Crippen molar-refractivity contribution in [3.63, 3.8) is 0 Å². The van der Waals surface area contributed by atoms with Crippen molar-refractivity contribution in [3.8, 4) is 0 Å². The minimum absolute atomic E-state index is 0.661. The topological polar surface area (TPSA) is 27.1 Å². The van der Waals surface area contributed by atoms with Gasteiger partial charge in [0.25, 0.3) is 0 Å². The Morgan fingerprint density at radius 2 is 2.40 bits per heavy atom. The van der Waals surface area contributed by atoms with Gasteiger partial charge in [0, 0.05) is 12.6 Å². The first kappa shape index (κ1) is 6.37. The first-order chi connectivity index (χ1) is 4.79. The third-order valence-corrected chi connectivity index (χ3v) is 2.63. The lowest BCUT2D eigenvalue weighted by molar-refractivity contribution is 0.130. The SMILES string of the molecule is Cn1nc2c(c1Br)COC2. The maximum atomic E-state index is 5.18. The first-order valence-electron chi connectivity index (χ1n) is 3.07. The van der Waals surface area contributed by atoms with Gasteiger partial charge >= 0.3 is 0 Å². The molecule has 0 unspecified atom stereocenters. The molecule has 0 atom stereocenters. The van der Waals surface area contributed by atoms with Crippen molar-refractivity contribution in [1.29, 1.82) is 0 Å². The number of ether oxygens (including phenoxy) is 1. The Morgan fingerprint density at radius 3 is 3.10 bits per heavy atom. The Morgan fingerprint density at radius 1 is 1.60 bits per heavy atom. The molecule has 1 aromatic rings. The second-order valence-corrected chi connectivity index (χ2v) is 3.08. The molecular formula is C6H7BrN2O. The van der Waals surface area contributed by atoms with Gasteiger partial charge in [-0.2, -0.15) is 5.10 Å². The van der Waals surface area contributed by atoms with Gasteiger partial charge < -0.3 is 4.74 Å². The van der Waals surface area contributed by atoms with Gasteiger partial charge in [-0.1, -0.05) is 0 Å². The van der Waals surface area contributed by atoms with E-state index in [1.54, 1.807) is 0 Å². The minimum atomic E-state index is 0.661. The number of rotatable bonds is 0. The fourth-order valence-electron chi connectivity index (χ4n) is 1.11. The summed E-state index contributed by atoms with van der Waals surface area (Å²) >= 11 is 3.42. The van der Waals surface area contributed by atoms with Crippen LogP contribution in [0.4, 0.5) is 0 Å². The molecular weight excluding hydrogens is 196 g/mol. The van der Waals surface area contributed by atoms with Gasteiger partial charge in [-0.15, -0.1) is 0 Å². The quantitative estimate of drug-likeness (QED) is 0.633. The fourth-order valence-corrected chi connectivity index (χ4v) is 1.53. The summed E-state index contributed by atoms with van der Waals surface area (Å²) < 4.78 is 8.05. The predicted octanol–water partition coefficient (Wildman–Crippen LogP) is 1.21. The Balaban J connectivity index is 2.59. The highest BCUT2D eigenvalue weighted by Gasteiger charge is 2.19. The molecule has 0 bridgehead atoms. The van der Waals surface area contributed by atoms with Crippen LogP contribution in [0.1, 0.15) is 11.3 Å². The molecule has 0 fully saturated rings. The molecule has 2 rings (SSSR count). The first-order valence-corrected chi connectivity index (χ1v) is 3.86. The van der Waals surface area contributed by atoms with E-state index in [-0.39, 0.29) is 0 Å². The second kappa shape index (κ2) is 2.07. The van der Waals surface area contributed by atoms with E-state index in [1.165, 1.54) is 5.56 Å². The highest BCUT2D eigenvalue weighted by molar-refractivity contribution is 9.10. The molecule has 3 nitrogen and oxygen atoms in total. The molecule has 4 heteroatoms. The van der Waals surface area contributed by atoms with E-state index in [1.807, 2.05) is 11.7 Å². The number of hydrogen-bond donors (Lipinski definition) is 0. The Bertz CT molecular complexity index is 269. The number of fused-ring (bicyclic) bond motifs is 1. The third kappa shape index (κ3) is 0.722. The highest BCUT2D eigenvalue weighted by atomic mass is 79.9. The molecule has 0 saturated heterocycles. The summed E-state index contributed by atoms with van der Waals surface area (Å²) in [7, 11) is 1.92. The molecule has 54 valence electrons. The van der Waals surface area contributed by atoms with Crippen LogP contribution in [0, 0.1) is 0 Å². The predicted molar refractivity (Wildman–Crippen MR) is 39.4 cm³/mol. The van der Waals surface area contributed by atoms with E-state index in [2.05, 4.69) is 21.0 Å². The van der Waals surface area contributed by atoms with Crippen molar-refractivity contribution >= 4 is 15.9 Å². The van der Waals surface area contributed by atoms with Gasteiger partial charge in [0.05, 0.1) is 18.9 Å². The zero-order valence-corrected chi connectivity index (χ0v) is 7.18. The third-order valence-electron chi connectivity index (χ3n) is 1.64. The van der Waals surface area contributed by atoms with Crippen LogP contribution in [-0.2, 0) is 25.0 Å². The largest absolute Gasteiger partial charge is 0.370 e.